The van der Waals surface area contributed by atoms with E-state index in [4.69, 9.17) is 11.6 Å². The van der Waals surface area contributed by atoms with Crippen LogP contribution in [0.15, 0.2) is 23.6 Å². The van der Waals surface area contributed by atoms with Crippen LogP contribution in [0.3, 0.4) is 0 Å². The first-order valence-corrected chi connectivity index (χ1v) is 9.35. The van der Waals surface area contributed by atoms with Crippen molar-refractivity contribution in [3.05, 3.63) is 39.9 Å². The first kappa shape index (κ1) is 17.9. The fraction of sp³-hybridized carbons (Fsp3) is 0.389. The van der Waals surface area contributed by atoms with Gasteiger partial charge in [-0.15, -0.1) is 11.3 Å². The van der Waals surface area contributed by atoms with Crippen molar-refractivity contribution in [2.75, 3.05) is 16.8 Å². The fourth-order valence-corrected chi connectivity index (χ4v) is 3.60. The number of carbonyl (C=O) groups excluding carboxylic acids is 2. The number of hydrogen-bond donors (Lipinski definition) is 1. The summed E-state index contributed by atoms with van der Waals surface area (Å²) in [5.41, 5.74) is 2.08. The molecular weight excluding hydrogens is 358 g/mol. The van der Waals surface area contributed by atoms with Crippen molar-refractivity contribution < 1.29 is 9.59 Å². The number of fused-ring (bicyclic) bond motifs is 1. The van der Waals surface area contributed by atoms with Gasteiger partial charge in [-0.2, -0.15) is 0 Å². The quantitative estimate of drug-likeness (QED) is 0.881. The molecule has 0 spiro atoms. The van der Waals surface area contributed by atoms with E-state index in [9.17, 15) is 9.59 Å². The van der Waals surface area contributed by atoms with Crippen molar-refractivity contribution in [3.8, 4) is 0 Å². The number of thiazole rings is 1. The molecule has 0 bridgehead atoms. The Labute approximate surface area is 156 Å². The minimum absolute atomic E-state index is 0.0139. The van der Waals surface area contributed by atoms with Gasteiger partial charge in [0.15, 0.2) is 5.13 Å². The van der Waals surface area contributed by atoms with Crippen LogP contribution < -0.4 is 10.2 Å². The van der Waals surface area contributed by atoms with Gasteiger partial charge in [-0.1, -0.05) is 38.4 Å². The Morgan fingerprint density at radius 1 is 1.36 bits per heavy atom. The van der Waals surface area contributed by atoms with Crippen molar-refractivity contribution in [3.63, 3.8) is 0 Å². The Morgan fingerprint density at radius 2 is 2.12 bits per heavy atom. The highest BCUT2D eigenvalue weighted by Crippen LogP contribution is 2.33. The molecule has 1 aromatic heterocycles. The van der Waals surface area contributed by atoms with Gasteiger partial charge in [0.2, 0.25) is 11.8 Å². The molecule has 1 aliphatic rings. The Bertz CT molecular complexity index is 826. The normalized spacial score (nSPS) is 13.7. The van der Waals surface area contributed by atoms with Gasteiger partial charge in [-0.25, -0.2) is 4.98 Å². The van der Waals surface area contributed by atoms with Gasteiger partial charge < -0.3 is 10.2 Å². The average molecular weight is 378 g/mol. The predicted molar refractivity (Wildman–Crippen MR) is 101 cm³/mol. The summed E-state index contributed by atoms with van der Waals surface area (Å²) in [4.78, 5) is 30.8. The molecule has 5 nitrogen and oxygen atoms in total. The molecule has 0 fully saturated rings. The van der Waals surface area contributed by atoms with Gasteiger partial charge in [-0.3, -0.25) is 9.59 Å². The molecule has 1 aromatic carbocycles. The van der Waals surface area contributed by atoms with E-state index in [1.807, 2.05) is 44.4 Å². The van der Waals surface area contributed by atoms with Gasteiger partial charge in [0.1, 0.15) is 0 Å². The molecule has 0 saturated heterocycles. The van der Waals surface area contributed by atoms with E-state index in [1.54, 1.807) is 4.90 Å². The lowest BCUT2D eigenvalue weighted by Crippen LogP contribution is -2.30. The molecule has 1 N–H and O–H groups in total. The lowest BCUT2D eigenvalue weighted by molar-refractivity contribution is -0.123. The third kappa shape index (κ3) is 3.85. The average Bonchev–Trinajstić information content (AvgIpc) is 3.14. The Kier molecular flexibility index (Phi) is 4.84. The molecule has 0 saturated carbocycles. The zero-order valence-corrected chi connectivity index (χ0v) is 16.0. The maximum absolute atomic E-state index is 12.6. The fourth-order valence-electron chi connectivity index (χ4n) is 2.63. The smallest absolute Gasteiger partial charge is 0.233 e. The minimum Gasteiger partial charge on any atom is -0.311 e. The van der Waals surface area contributed by atoms with E-state index in [0.717, 1.165) is 17.7 Å². The number of amides is 2. The summed E-state index contributed by atoms with van der Waals surface area (Å²) >= 11 is 7.53. The van der Waals surface area contributed by atoms with Crippen LogP contribution in [0.5, 0.6) is 0 Å². The summed E-state index contributed by atoms with van der Waals surface area (Å²) in [6.07, 6.45) is 0.971. The van der Waals surface area contributed by atoms with E-state index in [0.29, 0.717) is 22.4 Å². The number of benzene rings is 1. The molecule has 25 heavy (non-hydrogen) atoms. The van der Waals surface area contributed by atoms with Crippen LogP contribution in [-0.2, 0) is 22.4 Å². The van der Waals surface area contributed by atoms with Crippen molar-refractivity contribution in [2.45, 2.75) is 33.6 Å². The SMILES string of the molecule is CC(C)(C)C(=O)Nc1nc(CC(=O)N2CCc3c(Cl)cccc32)cs1. The molecule has 2 aromatic rings. The highest BCUT2D eigenvalue weighted by molar-refractivity contribution is 7.13. The van der Waals surface area contributed by atoms with Crippen LogP contribution in [0.1, 0.15) is 32.0 Å². The van der Waals surface area contributed by atoms with E-state index in [1.165, 1.54) is 11.3 Å². The molecular formula is C18H20ClN3O2S. The zero-order chi connectivity index (χ0) is 18.2. The number of halogens is 1. The van der Waals surface area contributed by atoms with Crippen LogP contribution in [0.2, 0.25) is 5.02 Å². The molecule has 2 heterocycles. The Balaban J connectivity index is 1.68. The maximum atomic E-state index is 12.6. The van der Waals surface area contributed by atoms with Crippen LogP contribution >= 0.6 is 22.9 Å². The summed E-state index contributed by atoms with van der Waals surface area (Å²) in [6, 6.07) is 5.62. The molecule has 3 rings (SSSR count). The largest absolute Gasteiger partial charge is 0.311 e. The second kappa shape index (κ2) is 6.77. The van der Waals surface area contributed by atoms with E-state index < -0.39 is 5.41 Å². The van der Waals surface area contributed by atoms with Crippen LogP contribution in [0, 0.1) is 5.41 Å². The van der Waals surface area contributed by atoms with Crippen LogP contribution in [-0.4, -0.2) is 23.3 Å². The minimum atomic E-state index is -0.486. The number of nitrogens with one attached hydrogen (secondary N) is 1. The standard InChI is InChI=1S/C18H20ClN3O2S/c1-18(2,3)16(24)21-17-20-11(10-25-17)9-15(23)22-8-7-12-13(19)5-4-6-14(12)22/h4-6,10H,7-9H2,1-3H3,(H,20,21,24). The first-order chi connectivity index (χ1) is 11.8. The number of hydrogen-bond acceptors (Lipinski definition) is 4. The molecule has 2 amide bonds. The summed E-state index contributed by atoms with van der Waals surface area (Å²) in [7, 11) is 0. The molecule has 0 aliphatic carbocycles. The van der Waals surface area contributed by atoms with Crippen molar-refractivity contribution in [1.82, 2.24) is 4.98 Å². The number of aromatic nitrogens is 1. The summed E-state index contributed by atoms with van der Waals surface area (Å²) in [5, 5.41) is 5.83. The second-order valence-electron chi connectivity index (χ2n) is 7.06. The highest BCUT2D eigenvalue weighted by Gasteiger charge is 2.27. The molecule has 0 atom stereocenters. The van der Waals surface area contributed by atoms with Gasteiger partial charge in [-0.05, 0) is 24.1 Å². The van der Waals surface area contributed by atoms with Gasteiger partial charge in [0, 0.05) is 28.0 Å². The molecule has 7 heteroatoms. The van der Waals surface area contributed by atoms with Crippen molar-refractivity contribution in [2.24, 2.45) is 5.41 Å². The predicted octanol–water partition coefficient (Wildman–Crippen LogP) is 3.91. The van der Waals surface area contributed by atoms with Crippen molar-refractivity contribution in [1.29, 1.82) is 0 Å². The Morgan fingerprint density at radius 3 is 2.84 bits per heavy atom. The topological polar surface area (TPSA) is 62.3 Å². The van der Waals surface area contributed by atoms with Crippen molar-refractivity contribution >= 4 is 45.6 Å². The summed E-state index contributed by atoms with van der Waals surface area (Å²) < 4.78 is 0. The molecule has 1 aliphatic heterocycles. The van der Waals surface area contributed by atoms with Gasteiger partial charge in [0.05, 0.1) is 12.1 Å². The number of carbonyl (C=O) groups is 2. The van der Waals surface area contributed by atoms with Crippen LogP contribution in [0.25, 0.3) is 0 Å². The van der Waals surface area contributed by atoms with E-state index in [-0.39, 0.29) is 18.2 Å². The van der Waals surface area contributed by atoms with Crippen LogP contribution in [0.4, 0.5) is 10.8 Å². The molecule has 0 unspecified atom stereocenters. The van der Waals surface area contributed by atoms with E-state index >= 15 is 0 Å². The number of nitrogens with zero attached hydrogens (tertiary/aromatic N) is 2. The van der Waals surface area contributed by atoms with Gasteiger partial charge >= 0.3 is 0 Å². The lowest BCUT2D eigenvalue weighted by atomic mass is 9.96. The first-order valence-electron chi connectivity index (χ1n) is 8.09. The lowest BCUT2D eigenvalue weighted by Gasteiger charge is -2.17. The number of rotatable bonds is 3. The Hall–Kier alpha value is -1.92. The zero-order valence-electron chi connectivity index (χ0n) is 14.4. The van der Waals surface area contributed by atoms with Gasteiger partial charge in [0.25, 0.3) is 0 Å². The van der Waals surface area contributed by atoms with E-state index in [2.05, 4.69) is 10.3 Å². The monoisotopic (exact) mass is 377 g/mol. The summed E-state index contributed by atoms with van der Waals surface area (Å²) in [5.74, 6) is -0.108. The number of anilines is 2. The second-order valence-corrected chi connectivity index (χ2v) is 8.32. The third-order valence-corrected chi connectivity index (χ3v) is 5.22. The highest BCUT2D eigenvalue weighted by atomic mass is 35.5. The molecule has 132 valence electrons. The maximum Gasteiger partial charge on any atom is 0.233 e. The third-order valence-electron chi connectivity index (χ3n) is 4.06. The summed E-state index contributed by atoms with van der Waals surface area (Å²) in [6.45, 7) is 6.17. The molecule has 0 radical (unpaired) electrons.